The number of carbonyl (C=O) groups is 1. The summed E-state index contributed by atoms with van der Waals surface area (Å²) in [7, 11) is 1.92. The molecule has 0 aromatic carbocycles. The minimum atomic E-state index is 0.185. The van der Waals surface area contributed by atoms with Gasteiger partial charge in [-0.1, -0.05) is 19.3 Å². The second-order valence-corrected chi connectivity index (χ2v) is 10.5. The minimum absolute atomic E-state index is 0.185. The van der Waals surface area contributed by atoms with Gasteiger partial charge < -0.3 is 9.80 Å². The Kier molecular flexibility index (Phi) is 6.49. The number of ketones is 1. The Hall–Kier alpha value is -1.95. The van der Waals surface area contributed by atoms with E-state index in [0.717, 1.165) is 67.8 Å². The highest BCUT2D eigenvalue weighted by atomic mass is 16.1. The standard InChI is InChI=1S/C26H39N5O/c1-19(21-8-9-21)30-16-12-20(13-17-30)18-23(32)25-22-10-11-24(27-26(22)29(2)28-25)31-14-6-4-3-5-7-15-31/h10-11,19-21H,3-9,12-18H2,1-2H3. The van der Waals surface area contributed by atoms with Gasteiger partial charge in [0.2, 0.25) is 0 Å². The van der Waals surface area contributed by atoms with E-state index in [1.807, 2.05) is 7.05 Å². The van der Waals surface area contributed by atoms with Crippen molar-refractivity contribution in [3.05, 3.63) is 17.8 Å². The third-order valence-electron chi connectivity index (χ3n) is 8.12. The average Bonchev–Trinajstić information content (AvgIpc) is 3.57. The van der Waals surface area contributed by atoms with Crippen LogP contribution in [-0.2, 0) is 7.05 Å². The van der Waals surface area contributed by atoms with Gasteiger partial charge >= 0.3 is 0 Å². The molecule has 174 valence electrons. The highest BCUT2D eigenvalue weighted by Gasteiger charge is 2.34. The van der Waals surface area contributed by atoms with E-state index in [4.69, 9.17) is 4.98 Å². The number of hydrogen-bond donors (Lipinski definition) is 0. The van der Waals surface area contributed by atoms with Gasteiger partial charge in [0.15, 0.2) is 11.4 Å². The molecule has 6 heteroatoms. The quantitative estimate of drug-likeness (QED) is 0.606. The Morgan fingerprint density at radius 2 is 1.69 bits per heavy atom. The van der Waals surface area contributed by atoms with Crippen molar-refractivity contribution >= 4 is 22.6 Å². The molecule has 3 aliphatic rings. The average molecular weight is 438 g/mol. The lowest BCUT2D eigenvalue weighted by Crippen LogP contribution is -2.41. The molecule has 2 aromatic rings. The summed E-state index contributed by atoms with van der Waals surface area (Å²) < 4.78 is 1.80. The first kappa shape index (κ1) is 21.9. The number of piperidine rings is 1. The molecule has 2 saturated heterocycles. The fourth-order valence-corrected chi connectivity index (χ4v) is 5.78. The van der Waals surface area contributed by atoms with Gasteiger partial charge in [-0.2, -0.15) is 5.10 Å². The third kappa shape index (κ3) is 4.70. The molecule has 2 aromatic heterocycles. The van der Waals surface area contributed by atoms with Gasteiger partial charge in [-0.05, 0) is 82.5 Å². The van der Waals surface area contributed by atoms with Gasteiger partial charge in [-0.15, -0.1) is 0 Å². The highest BCUT2D eigenvalue weighted by molar-refractivity contribution is 6.05. The zero-order valence-corrected chi connectivity index (χ0v) is 19.9. The topological polar surface area (TPSA) is 54.3 Å². The van der Waals surface area contributed by atoms with E-state index in [9.17, 15) is 4.79 Å². The molecule has 2 aliphatic heterocycles. The van der Waals surface area contributed by atoms with Gasteiger partial charge in [0.25, 0.3) is 0 Å². The number of rotatable bonds is 6. The molecule has 32 heavy (non-hydrogen) atoms. The number of Topliss-reactive ketones (excluding diaryl/α,β-unsaturated/α-hetero) is 1. The highest BCUT2D eigenvalue weighted by Crippen LogP contribution is 2.37. The van der Waals surface area contributed by atoms with Crippen LogP contribution in [0.4, 0.5) is 5.82 Å². The maximum absolute atomic E-state index is 13.2. The molecule has 0 N–H and O–H groups in total. The smallest absolute Gasteiger partial charge is 0.184 e. The molecular weight excluding hydrogens is 398 g/mol. The molecule has 0 radical (unpaired) electrons. The van der Waals surface area contributed by atoms with Crippen molar-refractivity contribution in [2.24, 2.45) is 18.9 Å². The number of likely N-dealkylation sites (tertiary alicyclic amines) is 1. The second kappa shape index (κ2) is 9.50. The summed E-state index contributed by atoms with van der Waals surface area (Å²) in [4.78, 5) is 23.2. The van der Waals surface area contributed by atoms with E-state index in [2.05, 4.69) is 34.0 Å². The van der Waals surface area contributed by atoms with Crippen LogP contribution in [0.2, 0.25) is 0 Å². The van der Waals surface area contributed by atoms with E-state index < -0.39 is 0 Å². The van der Waals surface area contributed by atoms with Crippen molar-refractivity contribution in [2.45, 2.75) is 77.2 Å². The number of pyridine rings is 1. The predicted octanol–water partition coefficient (Wildman–Crippen LogP) is 4.82. The largest absolute Gasteiger partial charge is 0.357 e. The summed E-state index contributed by atoms with van der Waals surface area (Å²) in [5.74, 6) is 2.61. The van der Waals surface area contributed by atoms with Gasteiger partial charge in [0.05, 0.1) is 5.39 Å². The number of nitrogens with zero attached hydrogens (tertiary/aromatic N) is 5. The van der Waals surface area contributed by atoms with E-state index >= 15 is 0 Å². The summed E-state index contributed by atoms with van der Waals surface area (Å²) in [5.41, 5.74) is 1.45. The number of carbonyl (C=O) groups excluding carboxylic acids is 1. The summed E-state index contributed by atoms with van der Waals surface area (Å²) in [6.45, 7) is 6.80. The van der Waals surface area contributed by atoms with Gasteiger partial charge in [0.1, 0.15) is 11.5 Å². The monoisotopic (exact) mass is 437 g/mol. The number of hydrogen-bond acceptors (Lipinski definition) is 5. The molecule has 0 bridgehead atoms. The molecule has 1 atom stereocenters. The molecule has 4 heterocycles. The summed E-state index contributed by atoms with van der Waals surface area (Å²) in [5, 5.41) is 5.54. The maximum atomic E-state index is 13.2. The fourth-order valence-electron chi connectivity index (χ4n) is 5.78. The lowest BCUT2D eigenvalue weighted by molar-refractivity contribution is 0.0889. The first-order valence-corrected chi connectivity index (χ1v) is 13.0. The SMILES string of the molecule is CC(C1CC1)N1CCC(CC(=O)c2nn(C)c3nc(N4CCCCCCC4)ccc23)CC1. The van der Waals surface area contributed by atoms with Crippen LogP contribution in [0.3, 0.4) is 0 Å². The predicted molar refractivity (Wildman–Crippen MR) is 129 cm³/mol. The van der Waals surface area contributed by atoms with Crippen LogP contribution in [0.25, 0.3) is 11.0 Å². The van der Waals surface area contributed by atoms with Crippen molar-refractivity contribution in [3.8, 4) is 0 Å². The van der Waals surface area contributed by atoms with Crippen LogP contribution in [0.1, 0.15) is 81.6 Å². The Labute approximate surface area is 192 Å². The van der Waals surface area contributed by atoms with E-state index in [1.54, 1.807) is 4.68 Å². The molecule has 3 fully saturated rings. The third-order valence-corrected chi connectivity index (χ3v) is 8.12. The molecule has 0 amide bonds. The lowest BCUT2D eigenvalue weighted by atomic mass is 9.89. The summed E-state index contributed by atoms with van der Waals surface area (Å²) in [6.07, 6.45) is 12.1. The molecule has 6 nitrogen and oxygen atoms in total. The Balaban J connectivity index is 1.25. The minimum Gasteiger partial charge on any atom is -0.357 e. The molecule has 5 rings (SSSR count). The van der Waals surface area contributed by atoms with Crippen molar-refractivity contribution in [1.82, 2.24) is 19.7 Å². The van der Waals surface area contributed by atoms with Gasteiger partial charge in [0, 0.05) is 32.6 Å². The van der Waals surface area contributed by atoms with Crippen LogP contribution >= 0.6 is 0 Å². The van der Waals surface area contributed by atoms with Crippen molar-refractivity contribution in [3.63, 3.8) is 0 Å². The van der Waals surface area contributed by atoms with Gasteiger partial charge in [-0.3, -0.25) is 4.79 Å². The molecule has 1 saturated carbocycles. The second-order valence-electron chi connectivity index (χ2n) is 10.5. The first-order valence-electron chi connectivity index (χ1n) is 13.0. The Bertz CT molecular complexity index is 933. The van der Waals surface area contributed by atoms with E-state index in [-0.39, 0.29) is 5.78 Å². The molecule has 1 aliphatic carbocycles. The van der Waals surface area contributed by atoms with Crippen LogP contribution in [0, 0.1) is 11.8 Å². The van der Waals surface area contributed by atoms with Crippen LogP contribution in [-0.4, -0.2) is 57.7 Å². The molecular formula is C26H39N5O. The van der Waals surface area contributed by atoms with Gasteiger partial charge in [-0.25, -0.2) is 9.67 Å². The van der Waals surface area contributed by atoms with Crippen molar-refractivity contribution in [2.75, 3.05) is 31.1 Å². The van der Waals surface area contributed by atoms with Crippen LogP contribution in [0.5, 0.6) is 0 Å². The summed E-state index contributed by atoms with van der Waals surface area (Å²) in [6, 6.07) is 4.90. The fraction of sp³-hybridized carbons (Fsp3) is 0.731. The number of anilines is 1. The van der Waals surface area contributed by atoms with Crippen LogP contribution < -0.4 is 4.90 Å². The van der Waals surface area contributed by atoms with E-state index in [1.165, 1.54) is 44.9 Å². The lowest BCUT2D eigenvalue weighted by Gasteiger charge is -2.36. The van der Waals surface area contributed by atoms with Crippen LogP contribution in [0.15, 0.2) is 12.1 Å². The number of aromatic nitrogens is 3. The zero-order valence-electron chi connectivity index (χ0n) is 19.9. The van der Waals surface area contributed by atoms with Crippen molar-refractivity contribution < 1.29 is 4.79 Å². The zero-order chi connectivity index (χ0) is 22.1. The first-order chi connectivity index (χ1) is 15.6. The Morgan fingerprint density at radius 1 is 1.00 bits per heavy atom. The number of aryl methyl sites for hydroxylation is 1. The van der Waals surface area contributed by atoms with Crippen molar-refractivity contribution in [1.29, 1.82) is 0 Å². The maximum Gasteiger partial charge on any atom is 0.184 e. The Morgan fingerprint density at radius 3 is 2.38 bits per heavy atom. The molecule has 1 unspecified atom stereocenters. The summed E-state index contributed by atoms with van der Waals surface area (Å²) >= 11 is 0. The number of fused-ring (bicyclic) bond motifs is 1. The molecule has 0 spiro atoms. The normalized spacial score (nSPS) is 22.6. The van der Waals surface area contributed by atoms with E-state index in [0.29, 0.717) is 18.0 Å².